The predicted octanol–water partition coefficient (Wildman–Crippen LogP) is 0.817. The molecule has 2 rings (SSSR count). The zero-order valence-electron chi connectivity index (χ0n) is 14.2. The third-order valence-corrected chi connectivity index (χ3v) is 4.41. The maximum absolute atomic E-state index is 12.6. The molecule has 0 aliphatic carbocycles. The summed E-state index contributed by atoms with van der Waals surface area (Å²) < 4.78 is 0.999. The minimum Gasteiger partial charge on any atom is -0.355 e. The first-order chi connectivity index (χ1) is 11.5. The summed E-state index contributed by atoms with van der Waals surface area (Å²) in [6.07, 6.45) is 0.182. The summed E-state index contributed by atoms with van der Waals surface area (Å²) in [5.74, 6) is -0.101. The number of nitrogens with one attached hydrogen (secondary N) is 2. The normalized spacial score (nSPS) is 18.1. The smallest absolute Gasteiger partial charge is 0.240 e. The van der Waals surface area contributed by atoms with Gasteiger partial charge in [0.15, 0.2) is 0 Å². The first-order valence-electron chi connectivity index (χ1n) is 8.14. The van der Waals surface area contributed by atoms with Crippen molar-refractivity contribution in [2.75, 3.05) is 40.3 Å². The van der Waals surface area contributed by atoms with E-state index in [1.165, 1.54) is 0 Å². The van der Waals surface area contributed by atoms with Gasteiger partial charge in [-0.3, -0.25) is 9.59 Å². The Bertz CT molecular complexity index is 579. The van der Waals surface area contributed by atoms with E-state index in [4.69, 9.17) is 0 Å². The molecule has 24 heavy (non-hydrogen) atoms. The van der Waals surface area contributed by atoms with Crippen LogP contribution in [0.15, 0.2) is 28.7 Å². The second-order valence-electron chi connectivity index (χ2n) is 6.25. The Morgan fingerprint density at radius 1 is 1.46 bits per heavy atom. The molecule has 0 spiro atoms. The van der Waals surface area contributed by atoms with Gasteiger partial charge in [0.2, 0.25) is 11.8 Å². The second-order valence-corrected chi connectivity index (χ2v) is 7.17. The van der Waals surface area contributed by atoms with Gasteiger partial charge in [-0.05, 0) is 31.8 Å². The van der Waals surface area contributed by atoms with Crippen LogP contribution in [-0.2, 0) is 16.1 Å². The Morgan fingerprint density at radius 2 is 2.25 bits per heavy atom. The quantitative estimate of drug-likeness (QED) is 0.715. The molecule has 1 unspecified atom stereocenters. The lowest BCUT2D eigenvalue weighted by molar-refractivity contribution is -0.138. The number of rotatable bonds is 7. The molecule has 132 valence electrons. The van der Waals surface area contributed by atoms with Gasteiger partial charge in [-0.15, -0.1) is 0 Å². The molecule has 2 N–H and O–H groups in total. The number of hydrogen-bond donors (Lipinski definition) is 2. The van der Waals surface area contributed by atoms with Gasteiger partial charge >= 0.3 is 0 Å². The monoisotopic (exact) mass is 396 g/mol. The molecule has 0 aromatic heterocycles. The van der Waals surface area contributed by atoms with Gasteiger partial charge in [-0.1, -0.05) is 28.1 Å². The number of carbonyl (C=O) groups is 2. The molecule has 1 heterocycles. The van der Waals surface area contributed by atoms with Gasteiger partial charge < -0.3 is 20.4 Å². The number of nitrogens with zero attached hydrogens (tertiary/aromatic N) is 2. The van der Waals surface area contributed by atoms with Crippen LogP contribution in [0.25, 0.3) is 0 Å². The van der Waals surface area contributed by atoms with Crippen LogP contribution in [0.4, 0.5) is 0 Å². The Labute approximate surface area is 151 Å². The zero-order chi connectivity index (χ0) is 17.5. The fourth-order valence-corrected chi connectivity index (χ4v) is 3.09. The van der Waals surface area contributed by atoms with Crippen LogP contribution in [0.2, 0.25) is 0 Å². The van der Waals surface area contributed by atoms with E-state index >= 15 is 0 Å². The highest BCUT2D eigenvalue weighted by Crippen LogP contribution is 2.15. The molecule has 1 aliphatic heterocycles. The molecule has 0 saturated carbocycles. The van der Waals surface area contributed by atoms with Gasteiger partial charge in [0, 0.05) is 37.2 Å². The molecule has 7 heteroatoms. The zero-order valence-corrected chi connectivity index (χ0v) is 15.8. The summed E-state index contributed by atoms with van der Waals surface area (Å²) >= 11 is 3.45. The summed E-state index contributed by atoms with van der Waals surface area (Å²) in [5.41, 5.74) is 1.08. The fourth-order valence-electron chi connectivity index (χ4n) is 2.64. The van der Waals surface area contributed by atoms with Crippen molar-refractivity contribution in [1.29, 1.82) is 0 Å². The summed E-state index contributed by atoms with van der Waals surface area (Å²) in [6.45, 7) is 3.31. The summed E-state index contributed by atoms with van der Waals surface area (Å²) in [7, 11) is 3.91. The minimum atomic E-state index is -0.440. The van der Waals surface area contributed by atoms with Gasteiger partial charge in [-0.2, -0.15) is 0 Å². The van der Waals surface area contributed by atoms with Crippen molar-refractivity contribution in [1.82, 2.24) is 20.4 Å². The molecule has 6 nitrogen and oxygen atoms in total. The Hall–Kier alpha value is -1.44. The molecule has 0 radical (unpaired) electrons. The average Bonchev–Trinajstić information content (AvgIpc) is 2.51. The first-order valence-corrected chi connectivity index (χ1v) is 8.93. The van der Waals surface area contributed by atoms with E-state index in [1.807, 2.05) is 48.2 Å². The van der Waals surface area contributed by atoms with Gasteiger partial charge in [-0.25, -0.2) is 0 Å². The van der Waals surface area contributed by atoms with Crippen LogP contribution >= 0.6 is 15.9 Å². The van der Waals surface area contributed by atoms with E-state index in [-0.39, 0.29) is 18.2 Å². The summed E-state index contributed by atoms with van der Waals surface area (Å²) in [5, 5.41) is 6.01. The molecule has 1 aliphatic rings. The number of benzene rings is 1. The van der Waals surface area contributed by atoms with Crippen molar-refractivity contribution in [3.05, 3.63) is 34.3 Å². The molecule has 2 amide bonds. The van der Waals surface area contributed by atoms with E-state index in [9.17, 15) is 9.59 Å². The van der Waals surface area contributed by atoms with Crippen LogP contribution in [0, 0.1) is 0 Å². The van der Waals surface area contributed by atoms with Crippen LogP contribution in [0.5, 0.6) is 0 Å². The van der Waals surface area contributed by atoms with E-state index < -0.39 is 6.04 Å². The highest BCUT2D eigenvalue weighted by molar-refractivity contribution is 9.10. The fraction of sp³-hybridized carbons (Fsp3) is 0.529. The van der Waals surface area contributed by atoms with E-state index in [0.29, 0.717) is 26.2 Å². The van der Waals surface area contributed by atoms with E-state index in [1.54, 1.807) is 0 Å². The highest BCUT2D eigenvalue weighted by Gasteiger charge is 2.29. The number of amides is 2. The lowest BCUT2D eigenvalue weighted by atomic mass is 10.1. The van der Waals surface area contributed by atoms with Gasteiger partial charge in [0.05, 0.1) is 12.5 Å². The number of likely N-dealkylation sites (N-methyl/N-ethyl adjacent to an activating group) is 1. The molecule has 1 aromatic carbocycles. The highest BCUT2D eigenvalue weighted by atomic mass is 79.9. The summed E-state index contributed by atoms with van der Waals surface area (Å²) in [6, 6.07) is 7.50. The molecule has 1 fully saturated rings. The SMILES string of the molecule is CN(C)CCNC(=O)CC1NCCN(Cc2cccc(Br)c2)C1=O. The molecular formula is C17H25BrN4O2. The van der Waals surface area contributed by atoms with Gasteiger partial charge in [0.25, 0.3) is 0 Å². The van der Waals surface area contributed by atoms with Crippen molar-refractivity contribution >= 4 is 27.7 Å². The average molecular weight is 397 g/mol. The first kappa shape index (κ1) is 18.9. The molecular weight excluding hydrogens is 372 g/mol. The summed E-state index contributed by atoms with van der Waals surface area (Å²) in [4.78, 5) is 28.4. The number of hydrogen-bond acceptors (Lipinski definition) is 4. The lowest BCUT2D eigenvalue weighted by Gasteiger charge is -2.33. The molecule has 1 aromatic rings. The predicted molar refractivity (Wildman–Crippen MR) is 97.5 cm³/mol. The van der Waals surface area contributed by atoms with Crippen LogP contribution in [0.1, 0.15) is 12.0 Å². The van der Waals surface area contributed by atoms with Crippen molar-refractivity contribution in [2.24, 2.45) is 0 Å². The molecule has 0 bridgehead atoms. The van der Waals surface area contributed by atoms with Crippen LogP contribution in [0.3, 0.4) is 0 Å². The van der Waals surface area contributed by atoms with Crippen molar-refractivity contribution in [2.45, 2.75) is 19.0 Å². The Kier molecular flexibility index (Phi) is 7.20. The van der Waals surface area contributed by atoms with Crippen molar-refractivity contribution in [3.8, 4) is 0 Å². The van der Waals surface area contributed by atoms with Gasteiger partial charge in [0.1, 0.15) is 0 Å². The third kappa shape index (κ3) is 5.89. The lowest BCUT2D eigenvalue weighted by Crippen LogP contribution is -2.56. The number of carbonyl (C=O) groups excluding carboxylic acids is 2. The van der Waals surface area contributed by atoms with Crippen LogP contribution < -0.4 is 10.6 Å². The number of halogens is 1. The van der Waals surface area contributed by atoms with Crippen molar-refractivity contribution < 1.29 is 9.59 Å². The minimum absolute atomic E-state index is 0.0102. The maximum atomic E-state index is 12.6. The Morgan fingerprint density at radius 3 is 2.96 bits per heavy atom. The van der Waals surface area contributed by atoms with Crippen LogP contribution in [-0.4, -0.2) is 67.9 Å². The number of piperazine rings is 1. The second kappa shape index (κ2) is 9.15. The standard InChI is InChI=1S/C17H25BrN4O2/c1-21(2)8-6-20-16(23)11-15-17(24)22(9-7-19-15)12-13-4-3-5-14(18)10-13/h3-5,10,15,19H,6-9,11-12H2,1-2H3,(H,20,23). The third-order valence-electron chi connectivity index (χ3n) is 3.92. The largest absolute Gasteiger partial charge is 0.355 e. The molecule has 1 saturated heterocycles. The Balaban J connectivity index is 1.86. The van der Waals surface area contributed by atoms with E-state index in [2.05, 4.69) is 26.6 Å². The molecule has 1 atom stereocenters. The van der Waals surface area contributed by atoms with E-state index in [0.717, 1.165) is 16.6 Å². The topological polar surface area (TPSA) is 64.7 Å². The maximum Gasteiger partial charge on any atom is 0.240 e. The van der Waals surface area contributed by atoms with Crippen molar-refractivity contribution in [3.63, 3.8) is 0 Å².